The standard InChI is InChI=1S/C36H62O6/c1-25(29-17-9-5-10-18-29)33(26(2)30-19-11-6-12-20-30)39-35(37)41-42-36(38)40-34(27(3)31-21-13-7-14-22-31)28(4)32-23-15-8-16-24-32/h25-34H,5-24H2,1-4H3. The summed E-state index contributed by atoms with van der Waals surface area (Å²) in [6.07, 6.45) is 22.4. The quantitative estimate of drug-likeness (QED) is 0.143. The zero-order valence-electron chi connectivity index (χ0n) is 27.4. The minimum atomic E-state index is -0.917. The van der Waals surface area contributed by atoms with Gasteiger partial charge in [0.25, 0.3) is 0 Å². The summed E-state index contributed by atoms with van der Waals surface area (Å²) in [5, 5.41) is 0. The van der Waals surface area contributed by atoms with Crippen LogP contribution in [0.2, 0.25) is 0 Å². The molecule has 242 valence electrons. The van der Waals surface area contributed by atoms with Gasteiger partial charge in [-0.3, -0.25) is 0 Å². The molecule has 4 saturated carbocycles. The van der Waals surface area contributed by atoms with Gasteiger partial charge in [0.1, 0.15) is 12.2 Å². The molecule has 0 saturated heterocycles. The molecule has 0 aromatic rings. The van der Waals surface area contributed by atoms with Crippen LogP contribution in [0, 0.1) is 47.3 Å². The first kappa shape index (κ1) is 33.4. The predicted octanol–water partition coefficient (Wildman–Crippen LogP) is 10.8. The minimum Gasteiger partial charge on any atom is -0.428 e. The second-order valence-electron chi connectivity index (χ2n) is 14.9. The average molecular weight is 591 g/mol. The zero-order valence-corrected chi connectivity index (χ0v) is 27.4. The van der Waals surface area contributed by atoms with Crippen LogP contribution < -0.4 is 0 Å². The van der Waals surface area contributed by atoms with Crippen molar-refractivity contribution in [3.8, 4) is 0 Å². The summed E-state index contributed by atoms with van der Waals surface area (Å²) in [5.41, 5.74) is 0. The van der Waals surface area contributed by atoms with Gasteiger partial charge in [0.15, 0.2) is 0 Å². The largest absolute Gasteiger partial charge is 0.550 e. The van der Waals surface area contributed by atoms with Crippen LogP contribution in [0.15, 0.2) is 0 Å². The zero-order chi connectivity index (χ0) is 29.9. The first-order valence-electron chi connectivity index (χ1n) is 18.1. The molecular formula is C36H62O6. The highest BCUT2D eigenvalue weighted by Crippen LogP contribution is 2.41. The van der Waals surface area contributed by atoms with Crippen molar-refractivity contribution >= 4 is 12.3 Å². The fourth-order valence-electron chi connectivity index (χ4n) is 9.43. The molecule has 4 rings (SSSR count). The summed E-state index contributed by atoms with van der Waals surface area (Å²) >= 11 is 0. The lowest BCUT2D eigenvalue weighted by atomic mass is 9.71. The second-order valence-corrected chi connectivity index (χ2v) is 14.9. The molecule has 0 bridgehead atoms. The van der Waals surface area contributed by atoms with Crippen LogP contribution in [0.1, 0.15) is 156 Å². The van der Waals surface area contributed by atoms with Gasteiger partial charge in [-0.2, -0.15) is 19.4 Å². The predicted molar refractivity (Wildman–Crippen MR) is 166 cm³/mol. The number of hydrogen-bond donors (Lipinski definition) is 0. The Hall–Kier alpha value is -1.46. The highest BCUT2D eigenvalue weighted by Gasteiger charge is 2.40. The lowest BCUT2D eigenvalue weighted by molar-refractivity contribution is -0.233. The molecule has 4 aliphatic rings. The maximum absolute atomic E-state index is 13.0. The highest BCUT2D eigenvalue weighted by atomic mass is 17.3. The maximum Gasteiger partial charge on any atom is 0.550 e. The Morgan fingerprint density at radius 1 is 0.405 bits per heavy atom. The minimum absolute atomic E-state index is 0.242. The molecule has 4 atom stereocenters. The molecule has 0 spiro atoms. The molecular weight excluding hydrogens is 528 g/mol. The Balaban J connectivity index is 1.35. The molecule has 0 aromatic carbocycles. The summed E-state index contributed by atoms with van der Waals surface area (Å²) < 4.78 is 12.1. The van der Waals surface area contributed by atoms with Gasteiger partial charge in [-0.1, -0.05) is 156 Å². The smallest absolute Gasteiger partial charge is 0.428 e. The molecule has 6 nitrogen and oxygen atoms in total. The summed E-state index contributed by atoms with van der Waals surface area (Å²) in [4.78, 5) is 36.1. The van der Waals surface area contributed by atoms with E-state index in [0.29, 0.717) is 23.7 Å². The van der Waals surface area contributed by atoms with E-state index in [1.807, 2.05) is 0 Å². The average Bonchev–Trinajstić information content (AvgIpc) is 3.05. The van der Waals surface area contributed by atoms with E-state index in [4.69, 9.17) is 19.2 Å². The highest BCUT2D eigenvalue weighted by molar-refractivity contribution is 5.64. The fourth-order valence-corrected chi connectivity index (χ4v) is 9.43. The van der Waals surface area contributed by atoms with Crippen LogP contribution in [0.5, 0.6) is 0 Å². The summed E-state index contributed by atoms with van der Waals surface area (Å²) in [7, 11) is 0. The second kappa shape index (κ2) is 17.1. The van der Waals surface area contributed by atoms with Crippen molar-refractivity contribution in [2.75, 3.05) is 0 Å². The maximum atomic E-state index is 13.0. The third-order valence-electron chi connectivity index (χ3n) is 12.3. The summed E-state index contributed by atoms with van der Waals surface area (Å²) in [5.74, 6) is 3.21. The van der Waals surface area contributed by atoms with Gasteiger partial charge in [0.2, 0.25) is 0 Å². The molecule has 4 aliphatic carbocycles. The van der Waals surface area contributed by atoms with Crippen LogP contribution in [0.3, 0.4) is 0 Å². The van der Waals surface area contributed by atoms with E-state index in [9.17, 15) is 9.59 Å². The Kier molecular flexibility index (Phi) is 13.6. The Labute approximate surface area is 256 Å². The lowest BCUT2D eigenvalue weighted by Gasteiger charge is -2.39. The van der Waals surface area contributed by atoms with Crippen LogP contribution >= 0.6 is 0 Å². The van der Waals surface area contributed by atoms with Gasteiger partial charge < -0.3 is 9.47 Å². The SMILES string of the molecule is CC(C1CCCCC1)C(OC(=O)OOC(=O)OC(C(C)C1CCCCC1)C(C)C1CCCCC1)C(C)C1CCCCC1. The summed E-state index contributed by atoms with van der Waals surface area (Å²) in [6.45, 7) is 8.97. The van der Waals surface area contributed by atoms with Crippen molar-refractivity contribution in [1.82, 2.24) is 0 Å². The van der Waals surface area contributed by atoms with Gasteiger partial charge in [-0.05, 0) is 47.3 Å². The van der Waals surface area contributed by atoms with Crippen molar-refractivity contribution in [3.63, 3.8) is 0 Å². The molecule has 42 heavy (non-hydrogen) atoms. The van der Waals surface area contributed by atoms with E-state index in [0.717, 1.165) is 0 Å². The summed E-state index contributed by atoms with van der Waals surface area (Å²) in [6, 6.07) is 0. The van der Waals surface area contributed by atoms with E-state index in [1.165, 1.54) is 128 Å². The van der Waals surface area contributed by atoms with Crippen LogP contribution in [0.4, 0.5) is 9.59 Å². The number of rotatable bonds is 10. The van der Waals surface area contributed by atoms with Crippen LogP contribution in [-0.2, 0) is 19.2 Å². The number of carbonyl (C=O) groups excluding carboxylic acids is 2. The Morgan fingerprint density at radius 3 is 0.833 bits per heavy atom. The van der Waals surface area contributed by atoms with Crippen LogP contribution in [0.25, 0.3) is 0 Å². The topological polar surface area (TPSA) is 71.1 Å². The normalized spacial score (nSPS) is 26.3. The molecule has 4 unspecified atom stereocenters. The molecule has 0 aromatic heterocycles. The van der Waals surface area contributed by atoms with Gasteiger partial charge in [0, 0.05) is 0 Å². The van der Waals surface area contributed by atoms with Crippen LogP contribution in [-0.4, -0.2) is 24.5 Å². The van der Waals surface area contributed by atoms with Gasteiger partial charge in [-0.25, -0.2) is 0 Å². The Bertz CT molecular complexity index is 677. The molecule has 0 heterocycles. The number of hydrogen-bond acceptors (Lipinski definition) is 6. The van der Waals surface area contributed by atoms with Crippen molar-refractivity contribution in [2.45, 2.75) is 168 Å². The molecule has 0 N–H and O–H groups in total. The Morgan fingerprint density at radius 2 is 0.619 bits per heavy atom. The third-order valence-corrected chi connectivity index (χ3v) is 12.3. The first-order valence-corrected chi connectivity index (χ1v) is 18.1. The first-order chi connectivity index (χ1) is 20.3. The van der Waals surface area contributed by atoms with Gasteiger partial charge in [0.05, 0.1) is 0 Å². The molecule has 0 aliphatic heterocycles. The number of ether oxygens (including phenoxy) is 2. The molecule has 6 heteroatoms. The molecule has 0 radical (unpaired) electrons. The van der Waals surface area contributed by atoms with Gasteiger partial charge >= 0.3 is 12.3 Å². The lowest BCUT2D eigenvalue weighted by Crippen LogP contribution is -2.41. The van der Waals surface area contributed by atoms with Crippen molar-refractivity contribution in [3.05, 3.63) is 0 Å². The van der Waals surface area contributed by atoms with Crippen molar-refractivity contribution in [1.29, 1.82) is 0 Å². The fraction of sp³-hybridized carbons (Fsp3) is 0.944. The van der Waals surface area contributed by atoms with Gasteiger partial charge in [-0.15, -0.1) is 0 Å². The van der Waals surface area contributed by atoms with E-state index in [2.05, 4.69) is 27.7 Å². The molecule has 0 amide bonds. The third kappa shape index (κ3) is 9.52. The van der Waals surface area contributed by atoms with E-state index >= 15 is 0 Å². The van der Waals surface area contributed by atoms with E-state index in [1.54, 1.807) is 0 Å². The molecule has 4 fully saturated rings. The van der Waals surface area contributed by atoms with E-state index < -0.39 is 12.3 Å². The monoisotopic (exact) mass is 590 g/mol. The van der Waals surface area contributed by atoms with Crippen molar-refractivity contribution in [2.24, 2.45) is 47.3 Å². The van der Waals surface area contributed by atoms with E-state index in [-0.39, 0.29) is 35.9 Å². The van der Waals surface area contributed by atoms with Crippen molar-refractivity contribution < 1.29 is 28.8 Å². The number of carbonyl (C=O) groups is 2.